The van der Waals surface area contributed by atoms with Crippen LogP contribution in [0.1, 0.15) is 5.56 Å². The van der Waals surface area contributed by atoms with Crippen molar-refractivity contribution in [2.45, 2.75) is 6.54 Å². The molecule has 8 heteroatoms. The minimum atomic E-state index is -3.76. The molecule has 0 fully saturated rings. The third kappa shape index (κ3) is 3.76. The van der Waals surface area contributed by atoms with Gasteiger partial charge in [0.15, 0.2) is 11.5 Å². The van der Waals surface area contributed by atoms with E-state index in [0.717, 1.165) is 0 Å². The summed E-state index contributed by atoms with van der Waals surface area (Å²) >= 11 is 0. The average molecular weight is 276 g/mol. The summed E-state index contributed by atoms with van der Waals surface area (Å²) in [5, 5.41) is 4.87. The van der Waals surface area contributed by atoms with Crippen LogP contribution in [0.3, 0.4) is 0 Å². The van der Waals surface area contributed by atoms with E-state index in [0.29, 0.717) is 22.8 Å². The lowest BCUT2D eigenvalue weighted by Crippen LogP contribution is -2.30. The number of methoxy groups -OCH3 is 3. The third-order valence-electron chi connectivity index (χ3n) is 2.25. The fraction of sp³-hybridized carbons (Fsp3) is 0.400. The van der Waals surface area contributed by atoms with Crippen molar-refractivity contribution < 1.29 is 22.6 Å². The largest absolute Gasteiger partial charge is 0.496 e. The van der Waals surface area contributed by atoms with Crippen LogP contribution in [0, 0.1) is 0 Å². The van der Waals surface area contributed by atoms with Crippen LogP contribution >= 0.6 is 0 Å². The Bertz CT molecular complexity index is 515. The summed E-state index contributed by atoms with van der Waals surface area (Å²) in [7, 11) is 0.701. The fourth-order valence-corrected chi connectivity index (χ4v) is 1.77. The maximum Gasteiger partial charge on any atom is 0.274 e. The van der Waals surface area contributed by atoms with Crippen molar-refractivity contribution in [3.05, 3.63) is 17.7 Å². The summed E-state index contributed by atoms with van der Waals surface area (Å²) in [5.74, 6) is 1.45. The Morgan fingerprint density at radius 3 is 2.00 bits per heavy atom. The second kappa shape index (κ2) is 5.89. The normalized spacial score (nSPS) is 11.1. The molecule has 18 heavy (non-hydrogen) atoms. The topological polar surface area (TPSA) is 99.9 Å². The third-order valence-corrected chi connectivity index (χ3v) is 2.80. The molecule has 3 N–H and O–H groups in total. The molecule has 0 bridgehead atoms. The molecule has 0 aliphatic rings. The van der Waals surface area contributed by atoms with Gasteiger partial charge in [0.05, 0.1) is 21.3 Å². The molecule has 0 saturated heterocycles. The Morgan fingerprint density at radius 1 is 1.06 bits per heavy atom. The molecule has 0 aromatic heterocycles. The van der Waals surface area contributed by atoms with E-state index < -0.39 is 10.2 Å². The quantitative estimate of drug-likeness (QED) is 0.762. The Balaban J connectivity index is 3.09. The molecule has 7 nitrogen and oxygen atoms in total. The molecule has 0 unspecified atom stereocenters. The molecule has 0 aliphatic heterocycles. The Labute approximate surface area is 106 Å². The zero-order valence-electron chi connectivity index (χ0n) is 10.4. The van der Waals surface area contributed by atoms with Crippen molar-refractivity contribution in [2.24, 2.45) is 5.14 Å². The Kier molecular flexibility index (Phi) is 4.76. The number of ether oxygens (including phenoxy) is 3. The zero-order chi connectivity index (χ0) is 13.8. The summed E-state index contributed by atoms with van der Waals surface area (Å²) in [6, 6.07) is 3.23. The van der Waals surface area contributed by atoms with Crippen LogP contribution in [-0.2, 0) is 16.8 Å². The summed E-state index contributed by atoms with van der Waals surface area (Å²) in [6.07, 6.45) is 0. The highest BCUT2D eigenvalue weighted by Crippen LogP contribution is 2.34. The van der Waals surface area contributed by atoms with Crippen molar-refractivity contribution in [1.82, 2.24) is 4.72 Å². The molecule has 1 aromatic rings. The first-order chi connectivity index (χ1) is 8.41. The molecule has 0 radical (unpaired) electrons. The molecular formula is C10H16N2O5S. The SMILES string of the molecule is COc1cc(OC)c(OC)cc1CNS(N)(=O)=O. The maximum atomic E-state index is 10.9. The summed E-state index contributed by atoms with van der Waals surface area (Å²) < 4.78 is 39.3. The van der Waals surface area contributed by atoms with Gasteiger partial charge in [-0.05, 0) is 6.07 Å². The Morgan fingerprint density at radius 2 is 1.56 bits per heavy atom. The number of benzene rings is 1. The van der Waals surface area contributed by atoms with Gasteiger partial charge in [-0.15, -0.1) is 0 Å². The molecule has 0 saturated carbocycles. The molecule has 1 aromatic carbocycles. The molecule has 0 aliphatic carbocycles. The number of hydrogen-bond donors (Lipinski definition) is 2. The molecule has 102 valence electrons. The molecule has 0 spiro atoms. The first kappa shape index (κ1) is 14.6. The van der Waals surface area contributed by atoms with Gasteiger partial charge in [-0.2, -0.15) is 13.1 Å². The minimum Gasteiger partial charge on any atom is -0.496 e. The second-order valence-corrected chi connectivity index (χ2v) is 4.76. The predicted molar refractivity (Wildman–Crippen MR) is 66.0 cm³/mol. The highest BCUT2D eigenvalue weighted by molar-refractivity contribution is 7.87. The zero-order valence-corrected chi connectivity index (χ0v) is 11.2. The first-order valence-corrected chi connectivity index (χ1v) is 6.52. The van der Waals surface area contributed by atoms with Crippen molar-refractivity contribution in [2.75, 3.05) is 21.3 Å². The number of rotatable bonds is 6. The minimum absolute atomic E-state index is 0.00234. The lowest BCUT2D eigenvalue weighted by molar-refractivity contribution is 0.347. The lowest BCUT2D eigenvalue weighted by atomic mass is 10.1. The van der Waals surface area contributed by atoms with E-state index in [2.05, 4.69) is 4.72 Å². The van der Waals surface area contributed by atoms with E-state index in [1.807, 2.05) is 0 Å². The summed E-state index contributed by atoms with van der Waals surface area (Å²) in [4.78, 5) is 0. The van der Waals surface area contributed by atoms with Gasteiger partial charge in [0.2, 0.25) is 0 Å². The standard InChI is InChI=1S/C10H16N2O5S/c1-15-8-5-10(17-3)9(16-2)4-7(8)6-12-18(11,13)14/h4-5,12H,6H2,1-3H3,(H2,11,13,14). The van der Waals surface area contributed by atoms with Crippen LogP contribution in [0.15, 0.2) is 12.1 Å². The first-order valence-electron chi connectivity index (χ1n) is 4.97. The highest BCUT2D eigenvalue weighted by atomic mass is 32.2. The van der Waals surface area contributed by atoms with Crippen LogP contribution < -0.4 is 24.1 Å². The van der Waals surface area contributed by atoms with Gasteiger partial charge in [-0.1, -0.05) is 0 Å². The molecule has 0 amide bonds. The van der Waals surface area contributed by atoms with Crippen LogP contribution in [0.4, 0.5) is 0 Å². The Hall–Kier alpha value is -1.51. The van der Waals surface area contributed by atoms with Crippen molar-refractivity contribution in [3.63, 3.8) is 0 Å². The highest BCUT2D eigenvalue weighted by Gasteiger charge is 2.13. The molecule has 0 heterocycles. The van der Waals surface area contributed by atoms with E-state index in [4.69, 9.17) is 19.3 Å². The van der Waals surface area contributed by atoms with Crippen LogP contribution in [-0.4, -0.2) is 29.7 Å². The molecular weight excluding hydrogens is 260 g/mol. The van der Waals surface area contributed by atoms with Crippen LogP contribution in [0.25, 0.3) is 0 Å². The van der Waals surface area contributed by atoms with E-state index >= 15 is 0 Å². The van der Waals surface area contributed by atoms with Gasteiger partial charge in [0, 0.05) is 18.2 Å². The van der Waals surface area contributed by atoms with E-state index in [1.54, 1.807) is 12.1 Å². The smallest absolute Gasteiger partial charge is 0.274 e. The fourth-order valence-electron chi connectivity index (χ4n) is 1.41. The average Bonchev–Trinajstić information content (AvgIpc) is 2.34. The summed E-state index contributed by atoms with van der Waals surface area (Å²) in [5.41, 5.74) is 0.587. The van der Waals surface area contributed by atoms with Gasteiger partial charge < -0.3 is 14.2 Å². The predicted octanol–water partition coefficient (Wildman–Crippen LogP) is 0.00550. The molecule has 1 rings (SSSR count). The van der Waals surface area contributed by atoms with Crippen LogP contribution in [0.2, 0.25) is 0 Å². The lowest BCUT2D eigenvalue weighted by Gasteiger charge is -2.14. The van der Waals surface area contributed by atoms with Crippen LogP contribution in [0.5, 0.6) is 17.2 Å². The number of nitrogens with one attached hydrogen (secondary N) is 1. The van der Waals surface area contributed by atoms with Gasteiger partial charge in [0.1, 0.15) is 5.75 Å². The number of nitrogens with two attached hydrogens (primary N) is 1. The van der Waals surface area contributed by atoms with Gasteiger partial charge in [0.25, 0.3) is 10.2 Å². The van der Waals surface area contributed by atoms with E-state index in [-0.39, 0.29) is 6.54 Å². The van der Waals surface area contributed by atoms with Gasteiger partial charge in [-0.25, -0.2) is 5.14 Å². The van der Waals surface area contributed by atoms with Crippen molar-refractivity contribution >= 4 is 10.2 Å². The molecule has 0 atom stereocenters. The van der Waals surface area contributed by atoms with E-state index in [9.17, 15) is 8.42 Å². The monoisotopic (exact) mass is 276 g/mol. The number of hydrogen-bond acceptors (Lipinski definition) is 5. The maximum absolute atomic E-state index is 10.9. The van der Waals surface area contributed by atoms with E-state index in [1.165, 1.54) is 21.3 Å². The van der Waals surface area contributed by atoms with Gasteiger partial charge in [-0.3, -0.25) is 0 Å². The summed E-state index contributed by atoms with van der Waals surface area (Å²) in [6.45, 7) is 0.00234. The van der Waals surface area contributed by atoms with Crippen molar-refractivity contribution in [3.8, 4) is 17.2 Å². The van der Waals surface area contributed by atoms with Gasteiger partial charge >= 0.3 is 0 Å². The second-order valence-electron chi connectivity index (χ2n) is 3.39. The van der Waals surface area contributed by atoms with Crippen molar-refractivity contribution in [1.29, 1.82) is 0 Å².